The van der Waals surface area contributed by atoms with E-state index < -0.39 is 0 Å². The van der Waals surface area contributed by atoms with Gasteiger partial charge in [-0.2, -0.15) is 0 Å². The van der Waals surface area contributed by atoms with Crippen molar-refractivity contribution in [1.82, 2.24) is 0 Å². The highest BCUT2D eigenvalue weighted by molar-refractivity contribution is 8.13. The minimum Gasteiger partial charge on any atom is -0.272 e. The van der Waals surface area contributed by atoms with Crippen LogP contribution >= 0.6 is 24.2 Å². The van der Waals surface area contributed by atoms with Gasteiger partial charge >= 0.3 is 0 Å². The van der Waals surface area contributed by atoms with Crippen LogP contribution in [0.2, 0.25) is 0 Å². The third-order valence-electron chi connectivity index (χ3n) is 0.478. The van der Waals surface area contributed by atoms with E-state index in [1.54, 1.807) is 5.55 Å². The number of halogens is 1. The van der Waals surface area contributed by atoms with E-state index in [4.69, 9.17) is 0 Å². The van der Waals surface area contributed by atoms with E-state index in [0.29, 0.717) is 5.75 Å². The van der Waals surface area contributed by atoms with Crippen molar-refractivity contribution in [2.45, 2.75) is 0 Å². The first kappa shape index (κ1) is 6.98. The number of aliphatic imine (C=N–C) groups is 1. The van der Waals surface area contributed by atoms with Crippen LogP contribution < -0.4 is 0 Å². The number of amides is 1. The molecule has 0 aromatic rings. The van der Waals surface area contributed by atoms with E-state index in [-0.39, 0.29) is 18.3 Å². The summed E-state index contributed by atoms with van der Waals surface area (Å²) in [5.74, 6) is 0.528. The van der Waals surface area contributed by atoms with E-state index in [0.717, 1.165) is 0 Å². The number of hydrogen-bond donors (Lipinski definition) is 0. The zero-order valence-corrected chi connectivity index (χ0v) is 5.09. The Morgan fingerprint density at radius 1 is 1.86 bits per heavy atom. The van der Waals surface area contributed by atoms with Crippen molar-refractivity contribution in [3.8, 4) is 0 Å². The van der Waals surface area contributed by atoms with Gasteiger partial charge in [-0.1, -0.05) is 0 Å². The van der Waals surface area contributed by atoms with Gasteiger partial charge in [-0.15, -0.1) is 24.2 Å². The average Bonchev–Trinajstić information content (AvgIpc) is 1.86. The largest absolute Gasteiger partial charge is 0.272 e. The first-order valence-electron chi connectivity index (χ1n) is 1.56. The summed E-state index contributed by atoms with van der Waals surface area (Å²) in [6, 6.07) is 0. The van der Waals surface area contributed by atoms with Crippen molar-refractivity contribution in [2.75, 3.05) is 5.75 Å². The molecule has 0 atom stereocenters. The van der Waals surface area contributed by atoms with Crippen LogP contribution in [0.4, 0.5) is 0 Å². The van der Waals surface area contributed by atoms with Gasteiger partial charge < -0.3 is 0 Å². The molecule has 0 bridgehead atoms. The van der Waals surface area contributed by atoms with Gasteiger partial charge in [0.05, 0.1) is 11.3 Å². The Labute approximate surface area is 51.8 Å². The Balaban J connectivity index is 0.000000360. The molecule has 0 aromatic carbocycles. The van der Waals surface area contributed by atoms with Crippen molar-refractivity contribution in [1.29, 1.82) is 0 Å². The number of thioether (sulfide) groups is 1. The van der Waals surface area contributed by atoms with Crippen LogP contribution in [0.1, 0.15) is 0 Å². The highest BCUT2D eigenvalue weighted by atomic mass is 35.5. The molecule has 7 heavy (non-hydrogen) atoms. The van der Waals surface area contributed by atoms with Crippen LogP contribution in [0.3, 0.4) is 0 Å². The monoisotopic (exact) mass is 137 g/mol. The maximum atomic E-state index is 10.0. The van der Waals surface area contributed by atoms with Crippen LogP contribution in [0.5, 0.6) is 0 Å². The summed E-state index contributed by atoms with van der Waals surface area (Å²) >= 11 is 1.44. The van der Waals surface area contributed by atoms with Crippen molar-refractivity contribution >= 4 is 35.6 Å². The number of hydrogen-bond acceptors (Lipinski definition) is 2. The van der Waals surface area contributed by atoms with E-state index in [1.807, 2.05) is 0 Å². The molecule has 0 fully saturated rings. The van der Waals surface area contributed by atoms with Crippen molar-refractivity contribution in [3.63, 3.8) is 0 Å². The Morgan fingerprint density at radius 3 is 2.71 bits per heavy atom. The van der Waals surface area contributed by atoms with E-state index in [1.165, 1.54) is 11.8 Å². The molecule has 4 heteroatoms. The van der Waals surface area contributed by atoms with Gasteiger partial charge in [0.1, 0.15) is 0 Å². The van der Waals surface area contributed by atoms with Gasteiger partial charge in [0.15, 0.2) is 0 Å². The van der Waals surface area contributed by atoms with Gasteiger partial charge in [0.25, 0.3) is 5.91 Å². The predicted molar refractivity (Wildman–Crippen MR) is 33.2 cm³/mol. The molecule has 0 unspecified atom stereocenters. The SMILES string of the molecule is Cl.O=C1CSC=N1. The zero-order valence-electron chi connectivity index (χ0n) is 3.46. The molecule has 2 nitrogen and oxygen atoms in total. The molecule has 1 aliphatic rings. The quantitative estimate of drug-likeness (QED) is 0.492. The molecule has 1 heterocycles. The molecule has 0 radical (unpaired) electrons. The summed E-state index contributed by atoms with van der Waals surface area (Å²) in [5, 5.41) is 0. The Bertz CT molecular complexity index is 103. The van der Waals surface area contributed by atoms with Gasteiger partial charge in [0, 0.05) is 0 Å². The highest BCUT2D eigenvalue weighted by Gasteiger charge is 2.01. The average molecular weight is 138 g/mol. The van der Waals surface area contributed by atoms with Gasteiger partial charge in [-0.3, -0.25) is 4.79 Å². The fourth-order valence-electron chi connectivity index (χ4n) is 0.242. The molecule has 0 saturated carbocycles. The Morgan fingerprint density at radius 2 is 2.57 bits per heavy atom. The van der Waals surface area contributed by atoms with Gasteiger partial charge in [0.2, 0.25) is 0 Å². The van der Waals surface area contributed by atoms with Gasteiger partial charge in [-0.05, 0) is 0 Å². The molecule has 1 amide bonds. The molecule has 0 N–H and O–H groups in total. The normalized spacial score (nSPS) is 16.9. The second-order valence-corrected chi connectivity index (χ2v) is 1.77. The molecular formula is C3H4ClNOS. The number of carbonyl (C=O) groups excluding carboxylic acids is 1. The third-order valence-corrected chi connectivity index (χ3v) is 1.15. The van der Waals surface area contributed by atoms with Crippen LogP contribution in [0.15, 0.2) is 4.99 Å². The zero-order chi connectivity index (χ0) is 4.41. The lowest BCUT2D eigenvalue weighted by molar-refractivity contribution is -0.115. The summed E-state index contributed by atoms with van der Waals surface area (Å²) in [6.45, 7) is 0. The Kier molecular flexibility index (Phi) is 3.04. The molecule has 40 valence electrons. The van der Waals surface area contributed by atoms with E-state index >= 15 is 0 Å². The molecule has 1 aliphatic heterocycles. The number of carbonyl (C=O) groups is 1. The van der Waals surface area contributed by atoms with Crippen LogP contribution in [-0.4, -0.2) is 17.2 Å². The van der Waals surface area contributed by atoms with E-state index in [2.05, 4.69) is 4.99 Å². The van der Waals surface area contributed by atoms with Crippen LogP contribution in [-0.2, 0) is 4.79 Å². The maximum absolute atomic E-state index is 10.0. The molecular weight excluding hydrogens is 134 g/mol. The van der Waals surface area contributed by atoms with Crippen molar-refractivity contribution in [3.05, 3.63) is 0 Å². The second-order valence-electron chi connectivity index (χ2n) is 0.939. The van der Waals surface area contributed by atoms with Crippen LogP contribution in [0, 0.1) is 0 Å². The maximum Gasteiger partial charge on any atom is 0.256 e. The van der Waals surface area contributed by atoms with Crippen molar-refractivity contribution < 1.29 is 4.79 Å². The topological polar surface area (TPSA) is 29.4 Å². The summed E-state index contributed by atoms with van der Waals surface area (Å²) in [7, 11) is 0. The first-order valence-corrected chi connectivity index (χ1v) is 2.61. The minimum atomic E-state index is -0.0139. The van der Waals surface area contributed by atoms with Crippen molar-refractivity contribution in [2.24, 2.45) is 4.99 Å². The molecule has 0 aliphatic carbocycles. The molecule has 0 saturated heterocycles. The lowest BCUT2D eigenvalue weighted by Crippen LogP contribution is -1.86. The number of nitrogens with zero attached hydrogens (tertiary/aromatic N) is 1. The Hall–Kier alpha value is -0.0200. The summed E-state index contributed by atoms with van der Waals surface area (Å²) < 4.78 is 0. The summed E-state index contributed by atoms with van der Waals surface area (Å²) in [5.41, 5.74) is 1.57. The predicted octanol–water partition coefficient (Wildman–Crippen LogP) is 0.710. The summed E-state index contributed by atoms with van der Waals surface area (Å²) in [4.78, 5) is 13.5. The van der Waals surface area contributed by atoms with E-state index in [9.17, 15) is 4.79 Å². The highest BCUT2D eigenvalue weighted by Crippen LogP contribution is 2.02. The first-order chi connectivity index (χ1) is 2.89. The molecule has 0 spiro atoms. The smallest absolute Gasteiger partial charge is 0.256 e. The third kappa shape index (κ3) is 1.94. The van der Waals surface area contributed by atoms with Gasteiger partial charge in [-0.25, -0.2) is 4.99 Å². The standard InChI is InChI=1S/C3H3NOS.ClH/c5-3-1-6-2-4-3;/h2H,1H2;1H. The lowest BCUT2D eigenvalue weighted by Gasteiger charge is -1.68. The molecule has 0 aromatic heterocycles. The minimum absolute atomic E-state index is 0. The lowest BCUT2D eigenvalue weighted by atomic mass is 10.8. The summed E-state index contributed by atoms with van der Waals surface area (Å²) in [6.07, 6.45) is 0. The molecule has 1 rings (SSSR count). The van der Waals surface area contributed by atoms with Crippen LogP contribution in [0.25, 0.3) is 0 Å². The fourth-order valence-corrected chi connectivity index (χ4v) is 0.726. The number of rotatable bonds is 0. The second kappa shape index (κ2) is 3.04. The fraction of sp³-hybridized carbons (Fsp3) is 0.333.